The Balaban J connectivity index is 1.34. The van der Waals surface area contributed by atoms with Crippen LogP contribution in [0.2, 0.25) is 0 Å². The Kier molecular flexibility index (Phi) is 8.44. The molecule has 6 atom stereocenters. The van der Waals surface area contributed by atoms with E-state index in [1.807, 2.05) is 19.1 Å². The second-order valence-electron chi connectivity index (χ2n) is 9.88. The lowest BCUT2D eigenvalue weighted by Gasteiger charge is -2.38. The molecule has 3 aliphatic carbocycles. The third kappa shape index (κ3) is 6.04. The van der Waals surface area contributed by atoms with E-state index in [0.29, 0.717) is 68.8 Å². The van der Waals surface area contributed by atoms with E-state index in [4.69, 9.17) is 18.9 Å². The summed E-state index contributed by atoms with van der Waals surface area (Å²) < 4.78 is 22.7. The first kappa shape index (κ1) is 25.6. The maximum atomic E-state index is 13.3. The van der Waals surface area contributed by atoms with Crippen molar-refractivity contribution in [1.29, 1.82) is 0 Å². The molecule has 0 fully saturated rings. The van der Waals surface area contributed by atoms with Crippen LogP contribution in [0.3, 0.4) is 0 Å². The van der Waals surface area contributed by atoms with Crippen LogP contribution in [0.5, 0.6) is 0 Å². The molecule has 1 heterocycles. The van der Waals surface area contributed by atoms with Crippen molar-refractivity contribution in [3.8, 4) is 0 Å². The molecular formula is C27H36O8. The van der Waals surface area contributed by atoms with Gasteiger partial charge in [-0.1, -0.05) is 13.0 Å². The number of ketones is 1. The molecular weight excluding hydrogens is 452 g/mol. The van der Waals surface area contributed by atoms with E-state index in [9.17, 15) is 19.5 Å². The summed E-state index contributed by atoms with van der Waals surface area (Å²) in [4.78, 5) is 37.4. The van der Waals surface area contributed by atoms with Crippen LogP contribution in [-0.2, 0) is 33.3 Å². The standard InChI is InChI=1S/C27H36O8/c1-3-12-32-19-13-22(29)25-24(14-19)33-15-21(26(25)30)17-8-10-18(11-9-17)35-27(31)20-6-4-5-7-23(20)34-16(2)28/h5,7,10,17,19-23,29H,3-4,6,8-9,11-15H2,1-2H3/t17?,19-,20-,21?,22+,23?/m1/s1. The van der Waals surface area contributed by atoms with Crippen LogP contribution in [0.25, 0.3) is 0 Å². The molecule has 4 rings (SSSR count). The van der Waals surface area contributed by atoms with Crippen molar-refractivity contribution in [2.75, 3.05) is 13.2 Å². The molecule has 0 saturated heterocycles. The van der Waals surface area contributed by atoms with E-state index in [0.717, 1.165) is 12.8 Å². The third-order valence-corrected chi connectivity index (χ3v) is 7.31. The molecule has 0 radical (unpaired) electrons. The average Bonchev–Trinajstić information content (AvgIpc) is 2.83. The van der Waals surface area contributed by atoms with E-state index < -0.39 is 24.1 Å². The van der Waals surface area contributed by atoms with Crippen LogP contribution >= 0.6 is 0 Å². The number of allylic oxidation sites excluding steroid dienone is 3. The van der Waals surface area contributed by atoms with Crippen LogP contribution < -0.4 is 0 Å². The first-order chi connectivity index (χ1) is 16.9. The van der Waals surface area contributed by atoms with Crippen molar-refractivity contribution < 1.29 is 38.4 Å². The van der Waals surface area contributed by atoms with Gasteiger partial charge >= 0.3 is 11.9 Å². The number of hydrogen-bond donors (Lipinski definition) is 1. The second kappa shape index (κ2) is 11.5. The van der Waals surface area contributed by atoms with E-state index in [1.165, 1.54) is 6.92 Å². The fourth-order valence-electron chi connectivity index (χ4n) is 5.48. The number of Topliss-reactive ketones (excluding diaryl/α,β-unsaturated/α-hetero) is 1. The Morgan fingerprint density at radius 3 is 2.80 bits per heavy atom. The van der Waals surface area contributed by atoms with Crippen LogP contribution in [0, 0.1) is 17.8 Å². The summed E-state index contributed by atoms with van der Waals surface area (Å²) in [6, 6.07) is 0. The van der Waals surface area contributed by atoms with Gasteiger partial charge in [-0.25, -0.2) is 0 Å². The first-order valence-corrected chi connectivity index (χ1v) is 12.8. The van der Waals surface area contributed by atoms with Crippen LogP contribution in [0.4, 0.5) is 0 Å². The number of rotatable bonds is 7. The fourth-order valence-corrected chi connectivity index (χ4v) is 5.48. The molecule has 0 bridgehead atoms. The van der Waals surface area contributed by atoms with Crippen molar-refractivity contribution in [3.63, 3.8) is 0 Å². The van der Waals surface area contributed by atoms with Gasteiger partial charge in [0.05, 0.1) is 36.2 Å². The zero-order valence-electron chi connectivity index (χ0n) is 20.6. The largest absolute Gasteiger partial charge is 0.497 e. The molecule has 0 aromatic carbocycles. The number of ether oxygens (including phenoxy) is 4. The highest BCUT2D eigenvalue weighted by atomic mass is 16.6. The minimum atomic E-state index is -0.860. The summed E-state index contributed by atoms with van der Waals surface area (Å²) in [5, 5.41) is 10.7. The zero-order chi connectivity index (χ0) is 24.9. The molecule has 1 aliphatic heterocycles. The fraction of sp³-hybridized carbons (Fsp3) is 0.667. The van der Waals surface area contributed by atoms with Crippen molar-refractivity contribution in [1.82, 2.24) is 0 Å². The zero-order valence-corrected chi connectivity index (χ0v) is 20.6. The molecule has 0 aromatic heterocycles. The van der Waals surface area contributed by atoms with Crippen molar-refractivity contribution in [3.05, 3.63) is 35.3 Å². The number of aliphatic hydroxyl groups is 1. The predicted octanol–water partition coefficient (Wildman–Crippen LogP) is 3.53. The summed E-state index contributed by atoms with van der Waals surface area (Å²) in [6.07, 6.45) is 8.94. The summed E-state index contributed by atoms with van der Waals surface area (Å²) in [6.45, 7) is 4.29. The first-order valence-electron chi connectivity index (χ1n) is 12.8. The SMILES string of the molecule is CCCO[C@H]1CC2=C(C(=O)C(C3CC=C(OC(=O)[C@@H]4CCC=CC4OC(C)=O)CC3)CO2)[C@@H](O)C1. The number of aliphatic hydroxyl groups excluding tert-OH is 1. The third-order valence-electron chi connectivity index (χ3n) is 7.31. The molecule has 1 N–H and O–H groups in total. The smallest absolute Gasteiger partial charge is 0.318 e. The molecule has 192 valence electrons. The van der Waals surface area contributed by atoms with Gasteiger partial charge in [0, 0.05) is 32.8 Å². The molecule has 8 nitrogen and oxygen atoms in total. The Bertz CT molecular complexity index is 916. The lowest BCUT2D eigenvalue weighted by molar-refractivity contribution is -0.156. The van der Waals surface area contributed by atoms with Crippen molar-refractivity contribution in [2.45, 2.75) is 83.5 Å². The lowest BCUT2D eigenvalue weighted by Crippen LogP contribution is -2.42. The highest BCUT2D eigenvalue weighted by Gasteiger charge is 2.43. The van der Waals surface area contributed by atoms with Gasteiger partial charge in [0.15, 0.2) is 5.78 Å². The Morgan fingerprint density at radius 1 is 1.26 bits per heavy atom. The number of esters is 2. The number of carbonyl (C=O) groups excluding carboxylic acids is 3. The van der Waals surface area contributed by atoms with E-state index >= 15 is 0 Å². The maximum Gasteiger partial charge on any atom is 0.318 e. The van der Waals surface area contributed by atoms with Gasteiger partial charge in [-0.2, -0.15) is 0 Å². The predicted molar refractivity (Wildman–Crippen MR) is 126 cm³/mol. The molecule has 0 saturated carbocycles. The van der Waals surface area contributed by atoms with Gasteiger partial charge in [-0.3, -0.25) is 14.4 Å². The Hall–Kier alpha value is -2.45. The molecule has 0 spiro atoms. The van der Waals surface area contributed by atoms with Gasteiger partial charge in [-0.15, -0.1) is 0 Å². The molecule has 35 heavy (non-hydrogen) atoms. The van der Waals surface area contributed by atoms with Gasteiger partial charge < -0.3 is 24.1 Å². The molecule has 0 amide bonds. The topological polar surface area (TPSA) is 108 Å². The monoisotopic (exact) mass is 488 g/mol. The van der Waals surface area contributed by atoms with E-state index in [1.54, 1.807) is 6.08 Å². The molecule has 3 unspecified atom stereocenters. The number of hydrogen-bond acceptors (Lipinski definition) is 8. The Labute approximate surface area is 206 Å². The van der Waals surface area contributed by atoms with Gasteiger partial charge in [0.2, 0.25) is 0 Å². The van der Waals surface area contributed by atoms with Crippen molar-refractivity contribution in [2.24, 2.45) is 17.8 Å². The lowest BCUT2D eigenvalue weighted by atomic mass is 9.75. The summed E-state index contributed by atoms with van der Waals surface area (Å²) in [5.74, 6) is -0.431. The minimum absolute atomic E-state index is 0.0234. The summed E-state index contributed by atoms with van der Waals surface area (Å²) >= 11 is 0. The average molecular weight is 489 g/mol. The van der Waals surface area contributed by atoms with Gasteiger partial charge in [0.1, 0.15) is 17.6 Å². The highest BCUT2D eigenvalue weighted by Crippen LogP contribution is 2.40. The van der Waals surface area contributed by atoms with Gasteiger partial charge in [-0.05, 0) is 50.2 Å². The highest BCUT2D eigenvalue weighted by molar-refractivity contribution is 5.99. The Morgan fingerprint density at radius 2 is 2.09 bits per heavy atom. The number of carbonyl (C=O) groups is 3. The van der Waals surface area contributed by atoms with Crippen LogP contribution in [0.1, 0.15) is 65.2 Å². The normalized spacial score (nSPS) is 32.9. The van der Waals surface area contributed by atoms with E-state index in [-0.39, 0.29) is 29.7 Å². The molecule has 8 heteroatoms. The minimum Gasteiger partial charge on any atom is -0.497 e. The quantitative estimate of drug-likeness (QED) is 0.428. The molecule has 4 aliphatic rings. The second-order valence-corrected chi connectivity index (χ2v) is 9.88. The van der Waals surface area contributed by atoms with E-state index in [2.05, 4.69) is 0 Å². The maximum absolute atomic E-state index is 13.3. The van der Waals surface area contributed by atoms with Crippen LogP contribution in [-0.4, -0.2) is 54.4 Å². The molecule has 0 aromatic rings. The van der Waals surface area contributed by atoms with Crippen LogP contribution in [0.15, 0.2) is 35.3 Å². The summed E-state index contributed by atoms with van der Waals surface area (Å²) in [5.41, 5.74) is 0.417. The summed E-state index contributed by atoms with van der Waals surface area (Å²) in [7, 11) is 0. The van der Waals surface area contributed by atoms with Gasteiger partial charge in [0.25, 0.3) is 0 Å². The van der Waals surface area contributed by atoms with Crippen molar-refractivity contribution >= 4 is 17.7 Å².